The summed E-state index contributed by atoms with van der Waals surface area (Å²) < 4.78 is 16.6. The van der Waals surface area contributed by atoms with Crippen LogP contribution in [0.5, 0.6) is 17.2 Å². The molecule has 0 spiro atoms. The number of hydrogen-bond donors (Lipinski definition) is 1. The summed E-state index contributed by atoms with van der Waals surface area (Å²) in [5.74, 6) is 1.95. The van der Waals surface area contributed by atoms with Crippen LogP contribution in [0, 0.1) is 0 Å². The number of carbonyl (C=O) groups excluding carboxylic acids is 1. The molecule has 0 saturated carbocycles. The van der Waals surface area contributed by atoms with Crippen molar-refractivity contribution >= 4 is 23.2 Å². The molecule has 5 nitrogen and oxygen atoms in total. The van der Waals surface area contributed by atoms with Gasteiger partial charge in [-0.15, -0.1) is 0 Å². The monoisotopic (exact) mass is 387 g/mol. The summed E-state index contributed by atoms with van der Waals surface area (Å²) in [7, 11) is 3.24. The van der Waals surface area contributed by atoms with Crippen molar-refractivity contribution in [3.8, 4) is 17.2 Å². The van der Waals surface area contributed by atoms with Gasteiger partial charge in [0.25, 0.3) is 5.91 Å². The number of methoxy groups -OCH3 is 2. The molecule has 0 atom stereocenters. The molecule has 29 heavy (non-hydrogen) atoms. The zero-order valence-electron chi connectivity index (χ0n) is 16.3. The Morgan fingerprint density at radius 3 is 2.45 bits per heavy atom. The molecule has 4 rings (SSSR count). The van der Waals surface area contributed by atoms with Crippen LogP contribution < -0.4 is 19.5 Å². The average Bonchev–Trinajstić information content (AvgIpc) is 3.08. The molecular weight excluding hydrogens is 366 g/mol. The first-order valence-corrected chi connectivity index (χ1v) is 9.24. The molecule has 1 N–H and O–H groups in total. The first-order chi connectivity index (χ1) is 14.2. The predicted molar refractivity (Wildman–Crippen MR) is 113 cm³/mol. The molecule has 3 aromatic rings. The standard InChI is InChI=1S/C24H21NO4/c1-27-18-10-7-16(8-11-18)15-29-22-12-9-17(14-23(22)28-2)13-20-19-5-3-4-6-21(19)25-24(20)26/h3-14H,15H2,1-2H3,(H,25,26)/b20-13-. The Bertz CT molecular complexity index is 1070. The van der Waals surface area contributed by atoms with E-state index in [9.17, 15) is 4.79 Å². The minimum atomic E-state index is -0.106. The SMILES string of the molecule is COc1ccc(COc2ccc(/C=C3\C(=O)Nc4ccccc43)cc2OC)cc1. The predicted octanol–water partition coefficient (Wildman–Crippen LogP) is 4.78. The molecule has 3 aromatic carbocycles. The first kappa shape index (κ1) is 18.6. The van der Waals surface area contributed by atoms with Crippen molar-refractivity contribution in [3.63, 3.8) is 0 Å². The molecule has 0 aliphatic carbocycles. The van der Waals surface area contributed by atoms with E-state index in [-0.39, 0.29) is 5.91 Å². The third kappa shape index (κ3) is 3.94. The van der Waals surface area contributed by atoms with Gasteiger partial charge in [-0.2, -0.15) is 0 Å². The van der Waals surface area contributed by atoms with E-state index in [1.807, 2.05) is 72.8 Å². The lowest BCUT2D eigenvalue weighted by Gasteiger charge is -2.12. The van der Waals surface area contributed by atoms with E-state index in [1.54, 1.807) is 14.2 Å². The van der Waals surface area contributed by atoms with Crippen molar-refractivity contribution in [1.29, 1.82) is 0 Å². The van der Waals surface area contributed by atoms with E-state index >= 15 is 0 Å². The molecule has 1 aliphatic heterocycles. The maximum absolute atomic E-state index is 12.3. The van der Waals surface area contributed by atoms with Crippen molar-refractivity contribution in [1.82, 2.24) is 0 Å². The van der Waals surface area contributed by atoms with E-state index in [0.717, 1.165) is 28.1 Å². The number of hydrogen-bond acceptors (Lipinski definition) is 4. The normalized spacial score (nSPS) is 13.7. The second-order valence-corrected chi connectivity index (χ2v) is 6.60. The number of amides is 1. The highest BCUT2D eigenvalue weighted by Gasteiger charge is 2.23. The summed E-state index contributed by atoms with van der Waals surface area (Å²) in [6, 6.07) is 21.0. The van der Waals surface area contributed by atoms with Gasteiger partial charge in [0.05, 0.1) is 14.2 Å². The van der Waals surface area contributed by atoms with Crippen LogP contribution in [0.2, 0.25) is 0 Å². The lowest BCUT2D eigenvalue weighted by atomic mass is 10.0. The number of nitrogens with one attached hydrogen (secondary N) is 1. The number of ether oxygens (including phenoxy) is 3. The summed E-state index contributed by atoms with van der Waals surface area (Å²) in [6.45, 7) is 0.413. The van der Waals surface area contributed by atoms with E-state index in [1.165, 1.54) is 0 Å². The van der Waals surface area contributed by atoms with Gasteiger partial charge in [0.2, 0.25) is 0 Å². The third-order valence-corrected chi connectivity index (χ3v) is 4.76. The molecule has 0 aromatic heterocycles. The van der Waals surface area contributed by atoms with E-state index in [2.05, 4.69) is 5.32 Å². The van der Waals surface area contributed by atoms with Crippen LogP contribution in [-0.2, 0) is 11.4 Å². The van der Waals surface area contributed by atoms with Gasteiger partial charge < -0.3 is 19.5 Å². The number of anilines is 1. The molecule has 1 aliphatic rings. The Morgan fingerprint density at radius 1 is 0.897 bits per heavy atom. The molecule has 0 saturated heterocycles. The van der Waals surface area contributed by atoms with Crippen LogP contribution in [0.15, 0.2) is 66.7 Å². The minimum Gasteiger partial charge on any atom is -0.497 e. The fraction of sp³-hybridized carbons (Fsp3) is 0.125. The van der Waals surface area contributed by atoms with Crippen molar-refractivity contribution < 1.29 is 19.0 Å². The summed E-state index contributed by atoms with van der Waals surface area (Å²) in [5.41, 5.74) is 4.25. The molecule has 1 heterocycles. The van der Waals surface area contributed by atoms with E-state index in [4.69, 9.17) is 14.2 Å². The molecular formula is C24H21NO4. The Labute approximate surface area is 169 Å². The molecule has 5 heteroatoms. The molecule has 1 amide bonds. The lowest BCUT2D eigenvalue weighted by molar-refractivity contribution is -0.110. The van der Waals surface area contributed by atoms with Crippen molar-refractivity contribution in [3.05, 3.63) is 83.4 Å². The summed E-state index contributed by atoms with van der Waals surface area (Å²) >= 11 is 0. The lowest BCUT2D eigenvalue weighted by Crippen LogP contribution is -2.03. The highest BCUT2D eigenvalue weighted by atomic mass is 16.5. The van der Waals surface area contributed by atoms with E-state index < -0.39 is 0 Å². The average molecular weight is 387 g/mol. The molecule has 0 bridgehead atoms. The summed E-state index contributed by atoms with van der Waals surface area (Å²) in [5, 5.41) is 2.88. The van der Waals surface area contributed by atoms with Crippen molar-refractivity contribution in [2.45, 2.75) is 6.61 Å². The summed E-state index contributed by atoms with van der Waals surface area (Å²) in [4.78, 5) is 12.3. The zero-order chi connectivity index (χ0) is 20.2. The number of rotatable bonds is 6. The van der Waals surface area contributed by atoms with Gasteiger partial charge in [0.15, 0.2) is 11.5 Å². The highest BCUT2D eigenvalue weighted by Crippen LogP contribution is 2.35. The molecule has 0 radical (unpaired) electrons. The van der Waals surface area contributed by atoms with Gasteiger partial charge in [-0.25, -0.2) is 0 Å². The summed E-state index contributed by atoms with van der Waals surface area (Å²) in [6.07, 6.45) is 1.86. The number of benzene rings is 3. The minimum absolute atomic E-state index is 0.106. The Morgan fingerprint density at radius 2 is 1.69 bits per heavy atom. The maximum Gasteiger partial charge on any atom is 0.256 e. The third-order valence-electron chi connectivity index (χ3n) is 4.76. The topological polar surface area (TPSA) is 56.8 Å². The number of para-hydroxylation sites is 1. The van der Waals surface area contributed by atoms with Crippen LogP contribution >= 0.6 is 0 Å². The Balaban J connectivity index is 1.54. The van der Waals surface area contributed by atoms with Crippen LogP contribution in [0.3, 0.4) is 0 Å². The first-order valence-electron chi connectivity index (χ1n) is 9.24. The zero-order valence-corrected chi connectivity index (χ0v) is 16.3. The van der Waals surface area contributed by atoms with Crippen LogP contribution in [0.25, 0.3) is 11.6 Å². The molecule has 0 fully saturated rings. The number of fused-ring (bicyclic) bond motifs is 1. The van der Waals surface area contributed by atoms with Crippen molar-refractivity contribution in [2.24, 2.45) is 0 Å². The molecule has 146 valence electrons. The Hall–Kier alpha value is -3.73. The van der Waals surface area contributed by atoms with Gasteiger partial charge in [-0.05, 0) is 47.5 Å². The van der Waals surface area contributed by atoms with Gasteiger partial charge in [-0.1, -0.05) is 36.4 Å². The fourth-order valence-electron chi connectivity index (χ4n) is 3.22. The van der Waals surface area contributed by atoms with Crippen molar-refractivity contribution in [2.75, 3.05) is 19.5 Å². The Kier molecular flexibility index (Phi) is 5.20. The van der Waals surface area contributed by atoms with Crippen LogP contribution in [0.4, 0.5) is 5.69 Å². The second-order valence-electron chi connectivity index (χ2n) is 6.60. The fourth-order valence-corrected chi connectivity index (χ4v) is 3.22. The highest BCUT2D eigenvalue weighted by molar-refractivity contribution is 6.34. The quantitative estimate of drug-likeness (QED) is 0.619. The van der Waals surface area contributed by atoms with Gasteiger partial charge in [0.1, 0.15) is 12.4 Å². The van der Waals surface area contributed by atoms with Gasteiger partial charge >= 0.3 is 0 Å². The van der Waals surface area contributed by atoms with Crippen LogP contribution in [0.1, 0.15) is 16.7 Å². The number of carbonyl (C=O) groups is 1. The van der Waals surface area contributed by atoms with E-state index in [0.29, 0.717) is 23.7 Å². The van der Waals surface area contributed by atoms with Gasteiger partial charge in [-0.3, -0.25) is 4.79 Å². The molecule has 0 unspecified atom stereocenters. The largest absolute Gasteiger partial charge is 0.497 e. The maximum atomic E-state index is 12.3. The smallest absolute Gasteiger partial charge is 0.256 e. The second kappa shape index (κ2) is 8.10. The van der Waals surface area contributed by atoms with Gasteiger partial charge in [0, 0.05) is 16.8 Å². The van der Waals surface area contributed by atoms with Crippen LogP contribution in [-0.4, -0.2) is 20.1 Å².